The number of carbonyl (C=O) groups excluding carboxylic acids is 2. The molecule has 0 saturated heterocycles. The minimum absolute atomic E-state index is 0.00123. The highest BCUT2D eigenvalue weighted by Crippen LogP contribution is 1.80. The highest BCUT2D eigenvalue weighted by atomic mass is 16.5. The van der Waals surface area contributed by atoms with E-state index in [1.165, 1.54) is 0 Å². The van der Waals surface area contributed by atoms with Crippen molar-refractivity contribution >= 4 is 11.8 Å². The molecule has 6 heteroatoms. The van der Waals surface area contributed by atoms with E-state index in [0.717, 1.165) is 0 Å². The third kappa shape index (κ3) is 9.42. The van der Waals surface area contributed by atoms with E-state index in [1.54, 1.807) is 7.11 Å². The average molecular weight is 232 g/mol. The normalized spacial score (nSPS) is 9.88. The van der Waals surface area contributed by atoms with Gasteiger partial charge in [0.1, 0.15) is 6.61 Å². The summed E-state index contributed by atoms with van der Waals surface area (Å²) < 4.78 is 9.76. The number of hydrogen-bond donors (Lipinski definition) is 2. The molecule has 6 nitrogen and oxygen atoms in total. The molecule has 2 N–H and O–H groups in total. The van der Waals surface area contributed by atoms with Crippen LogP contribution in [0.5, 0.6) is 0 Å². The molecule has 0 atom stereocenters. The van der Waals surface area contributed by atoms with E-state index in [1.807, 2.05) is 6.92 Å². The van der Waals surface area contributed by atoms with Gasteiger partial charge in [-0.15, -0.1) is 0 Å². The molecule has 0 spiro atoms. The van der Waals surface area contributed by atoms with E-state index >= 15 is 0 Å². The third-order valence-corrected chi connectivity index (χ3v) is 1.71. The highest BCUT2D eigenvalue weighted by Gasteiger charge is 2.03. The summed E-state index contributed by atoms with van der Waals surface area (Å²) in [5.74, 6) is -0.288. The third-order valence-electron chi connectivity index (χ3n) is 1.71. The van der Waals surface area contributed by atoms with Crippen molar-refractivity contribution in [1.29, 1.82) is 0 Å². The summed E-state index contributed by atoms with van der Waals surface area (Å²) in [6, 6.07) is 0. The van der Waals surface area contributed by atoms with Crippen molar-refractivity contribution in [1.82, 2.24) is 10.6 Å². The number of hydrogen-bond acceptors (Lipinski definition) is 4. The molecule has 0 aliphatic rings. The summed E-state index contributed by atoms with van der Waals surface area (Å²) in [4.78, 5) is 22.2. The van der Waals surface area contributed by atoms with Crippen LogP contribution in [0.3, 0.4) is 0 Å². The van der Waals surface area contributed by atoms with Crippen LogP contribution in [0.2, 0.25) is 0 Å². The second-order valence-corrected chi connectivity index (χ2v) is 3.10. The minimum atomic E-state index is -0.222. The van der Waals surface area contributed by atoms with Crippen LogP contribution in [0.25, 0.3) is 0 Å². The molecule has 94 valence electrons. The molecule has 0 unspecified atom stereocenters. The second kappa shape index (κ2) is 10.4. The molecule has 0 rings (SSSR count). The Bertz CT molecular complexity index is 209. The van der Waals surface area contributed by atoms with Crippen molar-refractivity contribution < 1.29 is 19.1 Å². The van der Waals surface area contributed by atoms with Crippen molar-refractivity contribution in [3.05, 3.63) is 0 Å². The van der Waals surface area contributed by atoms with E-state index in [9.17, 15) is 9.59 Å². The monoisotopic (exact) mass is 232 g/mol. The molecule has 0 radical (unpaired) electrons. The predicted molar refractivity (Wildman–Crippen MR) is 59.0 cm³/mol. The van der Waals surface area contributed by atoms with E-state index in [4.69, 9.17) is 9.47 Å². The van der Waals surface area contributed by atoms with Crippen LogP contribution in [-0.4, -0.2) is 51.8 Å². The maximum Gasteiger partial charge on any atom is 0.246 e. The Balaban J connectivity index is 3.33. The Morgan fingerprint density at radius 1 is 1.12 bits per heavy atom. The highest BCUT2D eigenvalue weighted by molar-refractivity contribution is 5.79. The summed E-state index contributed by atoms with van der Waals surface area (Å²) in [5.41, 5.74) is 0. The second-order valence-electron chi connectivity index (χ2n) is 3.10. The number of carbonyl (C=O) groups is 2. The minimum Gasteiger partial charge on any atom is -0.382 e. The number of amides is 2. The van der Waals surface area contributed by atoms with Crippen LogP contribution >= 0.6 is 0 Å². The van der Waals surface area contributed by atoms with Gasteiger partial charge in [-0.1, -0.05) is 0 Å². The van der Waals surface area contributed by atoms with Crippen LogP contribution in [0.1, 0.15) is 13.3 Å². The number of rotatable bonds is 9. The van der Waals surface area contributed by atoms with Gasteiger partial charge in [0.2, 0.25) is 11.8 Å². The standard InChI is InChI=1S/C10H20N2O4/c1-3-11-9(13)4-5-12-10(14)8-16-7-6-15-2/h3-8H2,1-2H3,(H,11,13)(H,12,14). The molecule has 0 bridgehead atoms. The number of ether oxygens (including phenoxy) is 2. The first kappa shape index (κ1) is 14.9. The Kier molecular flexibility index (Phi) is 9.64. The summed E-state index contributed by atoms with van der Waals surface area (Å²) in [7, 11) is 1.57. The first-order valence-electron chi connectivity index (χ1n) is 5.30. The van der Waals surface area contributed by atoms with Gasteiger partial charge in [-0.05, 0) is 6.92 Å². The summed E-state index contributed by atoms with van der Waals surface area (Å²) >= 11 is 0. The van der Waals surface area contributed by atoms with E-state index in [0.29, 0.717) is 26.3 Å². The fraction of sp³-hybridized carbons (Fsp3) is 0.800. The van der Waals surface area contributed by atoms with Crippen LogP contribution in [0.15, 0.2) is 0 Å². The van der Waals surface area contributed by atoms with Gasteiger partial charge in [-0.25, -0.2) is 0 Å². The quantitative estimate of drug-likeness (QED) is 0.515. The molecule has 16 heavy (non-hydrogen) atoms. The Hall–Kier alpha value is -1.14. The average Bonchev–Trinajstić information content (AvgIpc) is 2.25. The molecular weight excluding hydrogens is 212 g/mol. The summed E-state index contributed by atoms with van der Waals surface area (Å²) in [6.07, 6.45) is 0.289. The van der Waals surface area contributed by atoms with Gasteiger partial charge < -0.3 is 20.1 Å². The van der Waals surface area contributed by atoms with E-state index in [2.05, 4.69) is 10.6 Å². The van der Waals surface area contributed by atoms with Crippen LogP contribution in [-0.2, 0) is 19.1 Å². The predicted octanol–water partition coefficient (Wildman–Crippen LogP) is -0.708. The maximum atomic E-state index is 11.1. The van der Waals surface area contributed by atoms with Crippen molar-refractivity contribution in [2.24, 2.45) is 0 Å². The molecule has 0 aromatic rings. The van der Waals surface area contributed by atoms with Crippen molar-refractivity contribution in [2.75, 3.05) is 40.0 Å². The first-order chi connectivity index (χ1) is 7.70. The summed E-state index contributed by atoms with van der Waals surface area (Å²) in [5, 5.41) is 5.22. The molecule has 2 amide bonds. The molecule has 0 aromatic carbocycles. The van der Waals surface area contributed by atoms with Gasteiger partial charge >= 0.3 is 0 Å². The molecule has 0 saturated carbocycles. The Morgan fingerprint density at radius 2 is 1.88 bits per heavy atom. The molecular formula is C10H20N2O4. The van der Waals surface area contributed by atoms with Gasteiger partial charge in [0.05, 0.1) is 13.2 Å². The lowest BCUT2D eigenvalue weighted by Gasteiger charge is -2.06. The topological polar surface area (TPSA) is 76.7 Å². The van der Waals surface area contributed by atoms with Gasteiger partial charge in [-0.3, -0.25) is 9.59 Å². The zero-order valence-corrected chi connectivity index (χ0v) is 9.88. The number of methoxy groups -OCH3 is 1. The van der Waals surface area contributed by atoms with Crippen LogP contribution in [0, 0.1) is 0 Å². The van der Waals surface area contributed by atoms with Gasteiger partial charge in [0.15, 0.2) is 0 Å². The molecule has 0 aliphatic carbocycles. The van der Waals surface area contributed by atoms with Gasteiger partial charge in [-0.2, -0.15) is 0 Å². The smallest absolute Gasteiger partial charge is 0.246 e. The van der Waals surface area contributed by atoms with E-state index in [-0.39, 0.29) is 24.8 Å². The SMILES string of the molecule is CCNC(=O)CCNC(=O)COCCOC. The zero-order valence-electron chi connectivity index (χ0n) is 9.88. The molecule has 0 aromatic heterocycles. The Labute approximate surface area is 95.7 Å². The first-order valence-corrected chi connectivity index (χ1v) is 5.30. The van der Waals surface area contributed by atoms with Crippen molar-refractivity contribution in [2.45, 2.75) is 13.3 Å². The van der Waals surface area contributed by atoms with E-state index < -0.39 is 0 Å². The zero-order chi connectivity index (χ0) is 12.2. The maximum absolute atomic E-state index is 11.1. The van der Waals surface area contributed by atoms with Gasteiger partial charge in [0, 0.05) is 26.6 Å². The van der Waals surface area contributed by atoms with Crippen molar-refractivity contribution in [3.8, 4) is 0 Å². The van der Waals surface area contributed by atoms with Crippen LogP contribution < -0.4 is 10.6 Å². The lowest BCUT2D eigenvalue weighted by Crippen LogP contribution is -2.32. The summed E-state index contributed by atoms with van der Waals surface area (Å²) in [6.45, 7) is 3.64. The molecule has 0 heterocycles. The Morgan fingerprint density at radius 3 is 2.50 bits per heavy atom. The lowest BCUT2D eigenvalue weighted by atomic mass is 10.4. The fourth-order valence-electron chi connectivity index (χ4n) is 0.959. The van der Waals surface area contributed by atoms with Gasteiger partial charge in [0.25, 0.3) is 0 Å². The fourth-order valence-corrected chi connectivity index (χ4v) is 0.959. The number of nitrogens with one attached hydrogen (secondary N) is 2. The molecule has 0 fully saturated rings. The largest absolute Gasteiger partial charge is 0.382 e. The van der Waals surface area contributed by atoms with Crippen molar-refractivity contribution in [3.63, 3.8) is 0 Å². The lowest BCUT2D eigenvalue weighted by molar-refractivity contribution is -0.126. The van der Waals surface area contributed by atoms with Crippen LogP contribution in [0.4, 0.5) is 0 Å². The molecule has 0 aliphatic heterocycles.